The van der Waals surface area contributed by atoms with E-state index in [0.29, 0.717) is 12.4 Å². The Hall–Kier alpha value is -0.940. The fourth-order valence-electron chi connectivity index (χ4n) is 1.58. The Bertz CT molecular complexity index is 252. The lowest BCUT2D eigenvalue weighted by atomic mass is 9.91. The van der Waals surface area contributed by atoms with E-state index in [4.69, 9.17) is 15.0 Å². The van der Waals surface area contributed by atoms with Crippen LogP contribution in [0.3, 0.4) is 0 Å². The maximum absolute atomic E-state index is 6.16. The van der Waals surface area contributed by atoms with Gasteiger partial charge in [-0.25, -0.2) is 0 Å². The van der Waals surface area contributed by atoms with Gasteiger partial charge < -0.3 is 15.0 Å². The van der Waals surface area contributed by atoms with E-state index in [-0.39, 0.29) is 0 Å². The predicted octanol–water partition coefficient (Wildman–Crippen LogP) is 0.424. The Morgan fingerprint density at radius 3 is 3.08 bits per heavy atom. The summed E-state index contributed by atoms with van der Waals surface area (Å²) in [6.45, 7) is 1.45. The van der Waals surface area contributed by atoms with Gasteiger partial charge in [0.1, 0.15) is 0 Å². The second-order valence-electron chi connectivity index (χ2n) is 3.38. The van der Waals surface area contributed by atoms with Gasteiger partial charge in [-0.3, -0.25) is 0 Å². The van der Waals surface area contributed by atoms with E-state index in [2.05, 4.69) is 10.1 Å². The molecule has 1 aromatic rings. The van der Waals surface area contributed by atoms with Crippen LogP contribution in [0.15, 0.2) is 10.9 Å². The number of hydrogen-bond donors (Lipinski definition) is 1. The van der Waals surface area contributed by atoms with E-state index in [1.807, 2.05) is 0 Å². The molecule has 2 heterocycles. The SMILES string of the molecule is NC1(c2ncon2)CCCOCC1. The molecule has 1 aliphatic rings. The van der Waals surface area contributed by atoms with Crippen LogP contribution in [0.1, 0.15) is 25.1 Å². The van der Waals surface area contributed by atoms with Crippen LogP contribution < -0.4 is 5.73 Å². The third-order valence-corrected chi connectivity index (χ3v) is 2.41. The summed E-state index contributed by atoms with van der Waals surface area (Å²) in [5.41, 5.74) is 5.70. The van der Waals surface area contributed by atoms with Gasteiger partial charge in [0.05, 0.1) is 5.54 Å². The molecule has 1 aromatic heterocycles. The van der Waals surface area contributed by atoms with E-state index >= 15 is 0 Å². The molecule has 0 aromatic carbocycles. The molecular weight excluding hydrogens is 170 g/mol. The van der Waals surface area contributed by atoms with Gasteiger partial charge in [0.15, 0.2) is 5.82 Å². The van der Waals surface area contributed by atoms with Crippen molar-refractivity contribution < 1.29 is 9.26 Å². The topological polar surface area (TPSA) is 74.2 Å². The largest absolute Gasteiger partial charge is 0.381 e. The van der Waals surface area contributed by atoms with Crippen LogP contribution in [0.2, 0.25) is 0 Å². The monoisotopic (exact) mass is 183 g/mol. The molecular formula is C8H13N3O2. The zero-order chi connectivity index (χ0) is 9.15. The predicted molar refractivity (Wildman–Crippen MR) is 44.8 cm³/mol. The first-order chi connectivity index (χ1) is 6.31. The fraction of sp³-hybridized carbons (Fsp3) is 0.750. The molecule has 13 heavy (non-hydrogen) atoms. The molecule has 1 aliphatic heterocycles. The lowest BCUT2D eigenvalue weighted by Gasteiger charge is -2.22. The first-order valence-electron chi connectivity index (χ1n) is 4.45. The zero-order valence-corrected chi connectivity index (χ0v) is 7.40. The Kier molecular flexibility index (Phi) is 2.28. The smallest absolute Gasteiger partial charge is 0.213 e. The van der Waals surface area contributed by atoms with Crippen molar-refractivity contribution >= 4 is 0 Å². The maximum Gasteiger partial charge on any atom is 0.213 e. The molecule has 1 unspecified atom stereocenters. The van der Waals surface area contributed by atoms with Gasteiger partial charge in [0.2, 0.25) is 6.39 Å². The first-order valence-corrected chi connectivity index (χ1v) is 4.45. The van der Waals surface area contributed by atoms with Crippen LogP contribution in [0.5, 0.6) is 0 Å². The highest BCUT2D eigenvalue weighted by Crippen LogP contribution is 2.26. The number of hydrogen-bond acceptors (Lipinski definition) is 5. The maximum atomic E-state index is 6.16. The minimum absolute atomic E-state index is 0.455. The quantitative estimate of drug-likeness (QED) is 0.683. The molecule has 0 spiro atoms. The van der Waals surface area contributed by atoms with Crippen molar-refractivity contribution in [1.82, 2.24) is 10.1 Å². The van der Waals surface area contributed by atoms with Gasteiger partial charge in [0.25, 0.3) is 0 Å². The number of aromatic nitrogens is 2. The third-order valence-electron chi connectivity index (χ3n) is 2.41. The van der Waals surface area contributed by atoms with Crippen LogP contribution in [0, 0.1) is 0 Å². The molecule has 0 bridgehead atoms. The summed E-state index contributed by atoms with van der Waals surface area (Å²) in [4.78, 5) is 4.00. The molecule has 0 radical (unpaired) electrons. The summed E-state index contributed by atoms with van der Waals surface area (Å²) in [6.07, 6.45) is 3.87. The Balaban J connectivity index is 2.17. The summed E-state index contributed by atoms with van der Waals surface area (Å²) in [6, 6.07) is 0. The number of nitrogens with zero attached hydrogens (tertiary/aromatic N) is 2. The molecule has 0 saturated carbocycles. The van der Waals surface area contributed by atoms with E-state index in [1.165, 1.54) is 6.39 Å². The first kappa shape index (κ1) is 8.65. The highest BCUT2D eigenvalue weighted by atomic mass is 16.5. The highest BCUT2D eigenvalue weighted by molar-refractivity contribution is 5.02. The molecule has 5 heteroatoms. The number of nitrogens with two attached hydrogens (primary N) is 1. The third kappa shape index (κ3) is 1.71. The minimum Gasteiger partial charge on any atom is -0.381 e. The van der Waals surface area contributed by atoms with Crippen molar-refractivity contribution in [3.63, 3.8) is 0 Å². The summed E-state index contributed by atoms with van der Waals surface area (Å²) in [7, 11) is 0. The summed E-state index contributed by atoms with van der Waals surface area (Å²) >= 11 is 0. The molecule has 1 atom stereocenters. The molecule has 5 nitrogen and oxygen atoms in total. The van der Waals surface area contributed by atoms with Crippen molar-refractivity contribution in [2.24, 2.45) is 5.73 Å². The van der Waals surface area contributed by atoms with Crippen molar-refractivity contribution in [1.29, 1.82) is 0 Å². The van der Waals surface area contributed by atoms with Gasteiger partial charge in [-0.05, 0) is 19.3 Å². The summed E-state index contributed by atoms with van der Waals surface area (Å²) in [5, 5.41) is 3.79. The van der Waals surface area contributed by atoms with Crippen LogP contribution in [-0.4, -0.2) is 23.4 Å². The van der Waals surface area contributed by atoms with Crippen LogP contribution >= 0.6 is 0 Å². The second-order valence-corrected chi connectivity index (χ2v) is 3.38. The van der Waals surface area contributed by atoms with Crippen molar-refractivity contribution in [3.8, 4) is 0 Å². The molecule has 72 valence electrons. The Labute approximate surface area is 76.3 Å². The molecule has 0 aliphatic carbocycles. The van der Waals surface area contributed by atoms with Crippen molar-refractivity contribution in [2.45, 2.75) is 24.8 Å². The lowest BCUT2D eigenvalue weighted by molar-refractivity contribution is 0.139. The van der Waals surface area contributed by atoms with Crippen LogP contribution in [0.4, 0.5) is 0 Å². The van der Waals surface area contributed by atoms with Crippen LogP contribution in [0.25, 0.3) is 0 Å². The standard InChI is InChI=1S/C8H13N3O2/c9-8(7-10-6-13-11-7)2-1-4-12-5-3-8/h6H,1-5,9H2. The van der Waals surface area contributed by atoms with Crippen molar-refractivity contribution in [2.75, 3.05) is 13.2 Å². The summed E-state index contributed by atoms with van der Waals surface area (Å²) in [5.74, 6) is 0.595. The van der Waals surface area contributed by atoms with Gasteiger partial charge in [-0.2, -0.15) is 4.98 Å². The zero-order valence-electron chi connectivity index (χ0n) is 7.40. The molecule has 2 N–H and O–H groups in total. The van der Waals surface area contributed by atoms with Crippen molar-refractivity contribution in [3.05, 3.63) is 12.2 Å². The molecule has 0 amide bonds. The van der Waals surface area contributed by atoms with Gasteiger partial charge in [-0.15, -0.1) is 0 Å². The van der Waals surface area contributed by atoms with Gasteiger partial charge in [-0.1, -0.05) is 5.16 Å². The molecule has 1 saturated heterocycles. The number of rotatable bonds is 1. The van der Waals surface area contributed by atoms with Crippen LogP contribution in [-0.2, 0) is 10.3 Å². The Morgan fingerprint density at radius 2 is 2.31 bits per heavy atom. The average molecular weight is 183 g/mol. The van der Waals surface area contributed by atoms with Gasteiger partial charge >= 0.3 is 0 Å². The normalized spacial score (nSPS) is 29.9. The fourth-order valence-corrected chi connectivity index (χ4v) is 1.58. The lowest BCUT2D eigenvalue weighted by Crippen LogP contribution is -2.38. The highest BCUT2D eigenvalue weighted by Gasteiger charge is 2.32. The summed E-state index contributed by atoms with van der Waals surface area (Å²) < 4.78 is 10.0. The minimum atomic E-state index is -0.455. The molecule has 1 fully saturated rings. The molecule has 2 rings (SSSR count). The Morgan fingerprint density at radius 1 is 1.38 bits per heavy atom. The number of ether oxygens (including phenoxy) is 1. The van der Waals surface area contributed by atoms with E-state index in [0.717, 1.165) is 25.9 Å². The van der Waals surface area contributed by atoms with E-state index in [9.17, 15) is 0 Å². The van der Waals surface area contributed by atoms with E-state index < -0.39 is 5.54 Å². The van der Waals surface area contributed by atoms with E-state index in [1.54, 1.807) is 0 Å². The average Bonchev–Trinajstić information content (AvgIpc) is 2.57. The second kappa shape index (κ2) is 3.43. The van der Waals surface area contributed by atoms with Gasteiger partial charge in [0, 0.05) is 13.2 Å².